The summed E-state index contributed by atoms with van der Waals surface area (Å²) in [5.74, 6) is -7.03. The van der Waals surface area contributed by atoms with Crippen molar-refractivity contribution in [3.8, 4) is 11.3 Å². The molecule has 0 aromatic carbocycles. The van der Waals surface area contributed by atoms with Gasteiger partial charge in [-0.05, 0) is 42.3 Å². The minimum Gasteiger partial charge on any atom is -0.475 e. The van der Waals surface area contributed by atoms with Crippen molar-refractivity contribution in [1.82, 2.24) is 29.1 Å². The molecule has 0 unspecified atom stereocenters. The molecule has 5 heterocycles. The third-order valence-corrected chi connectivity index (χ3v) is 7.79. The van der Waals surface area contributed by atoms with Crippen molar-refractivity contribution in [2.75, 3.05) is 26.7 Å². The average Bonchev–Trinajstić information content (AvgIpc) is 3.73. The van der Waals surface area contributed by atoms with E-state index in [1.807, 2.05) is 24.1 Å². The number of aromatic nitrogens is 4. The van der Waals surface area contributed by atoms with Gasteiger partial charge >= 0.3 is 36.4 Å². The van der Waals surface area contributed by atoms with Crippen LogP contribution in [-0.2, 0) is 40.1 Å². The highest BCUT2D eigenvalue weighted by atomic mass is 32.1. The van der Waals surface area contributed by atoms with E-state index < -0.39 is 36.4 Å². The van der Waals surface area contributed by atoms with E-state index in [-0.39, 0.29) is 5.54 Å². The maximum atomic E-state index is 10.6. The number of likely N-dealkylation sites (tertiary alicyclic amines) is 1. The van der Waals surface area contributed by atoms with Gasteiger partial charge in [-0.2, -0.15) is 55.9 Å². The van der Waals surface area contributed by atoms with Crippen LogP contribution in [0.15, 0.2) is 35.4 Å². The second-order valence-corrected chi connectivity index (χ2v) is 11.1. The highest BCUT2D eigenvalue weighted by Crippen LogP contribution is 2.41. The number of aliphatic carboxylic acids is 3. The standard InChI is InChI=1S/C20H26N6S.3C2HF3O2/c1-23-8-9-26-18(17-11-22-24(2)14-17)12-21-19(26)20(23)4-6-25(7-5-20)13-16-3-10-27-15-16;3*3-2(4,5)1(6)7/h3,10-12,14-15H,4-9,13H2,1-2H3;3*(H,6,7). The molecule has 2 aliphatic heterocycles. The van der Waals surface area contributed by atoms with E-state index in [9.17, 15) is 39.5 Å². The molecule has 3 aromatic heterocycles. The lowest BCUT2D eigenvalue weighted by atomic mass is 9.83. The number of carboxylic acids is 3. The van der Waals surface area contributed by atoms with Crippen LogP contribution in [0.3, 0.4) is 0 Å². The number of fused-ring (bicyclic) bond motifs is 2. The lowest BCUT2D eigenvalue weighted by Gasteiger charge is -2.49. The molecule has 3 N–H and O–H groups in total. The molecule has 0 saturated carbocycles. The number of rotatable bonds is 3. The largest absolute Gasteiger partial charge is 0.490 e. The Bertz CT molecular complexity index is 1450. The van der Waals surface area contributed by atoms with Crippen molar-refractivity contribution in [1.29, 1.82) is 0 Å². The number of alkyl halides is 9. The Hall–Kier alpha value is -4.18. The number of carbonyl (C=O) groups is 3. The van der Waals surface area contributed by atoms with E-state index in [1.165, 1.54) is 17.1 Å². The zero-order valence-electron chi connectivity index (χ0n) is 25.0. The van der Waals surface area contributed by atoms with Crippen LogP contribution in [0.2, 0.25) is 0 Å². The first kappa shape index (κ1) is 40.0. The summed E-state index contributed by atoms with van der Waals surface area (Å²) >= 11 is 1.79. The molecule has 0 bridgehead atoms. The second kappa shape index (κ2) is 15.8. The van der Waals surface area contributed by atoms with E-state index in [0.717, 1.165) is 51.1 Å². The summed E-state index contributed by atoms with van der Waals surface area (Å²) < 4.78 is 99.5. The SMILES string of the molecule is CN1CCn2c(-c3cnn(C)c3)cnc2C12CCN(Cc1ccsc1)CC2.O=C(O)C(F)(F)F.O=C(O)C(F)(F)F.O=C(O)C(F)(F)F. The quantitative estimate of drug-likeness (QED) is 0.325. The van der Waals surface area contributed by atoms with Crippen LogP contribution in [0.1, 0.15) is 24.2 Å². The molecular formula is C26H29F9N6O6S. The molecule has 0 atom stereocenters. The average molecular weight is 725 g/mol. The first-order chi connectivity index (χ1) is 22.0. The highest BCUT2D eigenvalue weighted by molar-refractivity contribution is 7.07. The van der Waals surface area contributed by atoms with Gasteiger partial charge < -0.3 is 19.9 Å². The summed E-state index contributed by atoms with van der Waals surface area (Å²) in [6.07, 6.45) is -6.91. The van der Waals surface area contributed by atoms with Gasteiger partial charge in [0.1, 0.15) is 5.82 Å². The normalized spacial score (nSPS) is 16.3. The minimum atomic E-state index is -5.08. The third kappa shape index (κ3) is 10.9. The van der Waals surface area contributed by atoms with Crippen molar-refractivity contribution in [3.63, 3.8) is 0 Å². The summed E-state index contributed by atoms with van der Waals surface area (Å²) in [5.41, 5.74) is 3.86. The number of piperidine rings is 1. The number of hydrogen-bond donors (Lipinski definition) is 3. The number of halogens is 9. The van der Waals surface area contributed by atoms with Crippen LogP contribution in [0, 0.1) is 0 Å². The van der Waals surface area contributed by atoms with Crippen molar-refractivity contribution >= 4 is 29.2 Å². The van der Waals surface area contributed by atoms with Gasteiger partial charge in [-0.15, -0.1) is 0 Å². The molecule has 1 fully saturated rings. The van der Waals surface area contributed by atoms with E-state index in [2.05, 4.69) is 49.5 Å². The van der Waals surface area contributed by atoms with Gasteiger partial charge in [-0.3, -0.25) is 14.5 Å². The van der Waals surface area contributed by atoms with Gasteiger partial charge in [0.2, 0.25) is 0 Å². The molecule has 12 nitrogen and oxygen atoms in total. The maximum absolute atomic E-state index is 10.6. The van der Waals surface area contributed by atoms with Crippen LogP contribution < -0.4 is 0 Å². The number of aryl methyl sites for hydroxylation is 1. The van der Waals surface area contributed by atoms with Gasteiger partial charge in [0, 0.05) is 51.5 Å². The van der Waals surface area contributed by atoms with Gasteiger partial charge in [-0.25, -0.2) is 19.4 Å². The molecule has 2 aliphatic rings. The Morgan fingerprint density at radius 2 is 1.33 bits per heavy atom. The molecule has 1 saturated heterocycles. The molecule has 22 heteroatoms. The first-order valence-electron chi connectivity index (χ1n) is 13.4. The molecular weight excluding hydrogens is 695 g/mol. The van der Waals surface area contributed by atoms with E-state index in [4.69, 9.17) is 34.7 Å². The van der Waals surface area contributed by atoms with Crippen LogP contribution in [0.5, 0.6) is 0 Å². The topological polar surface area (TPSA) is 154 Å². The number of thiophene rings is 1. The Labute approximate surface area is 269 Å². The van der Waals surface area contributed by atoms with E-state index >= 15 is 0 Å². The van der Waals surface area contributed by atoms with Gasteiger partial charge in [-0.1, -0.05) is 0 Å². The number of carboxylic acid groups (broad SMARTS) is 3. The van der Waals surface area contributed by atoms with Crippen LogP contribution in [0.25, 0.3) is 11.3 Å². The molecule has 3 aromatic rings. The molecule has 0 radical (unpaired) electrons. The van der Waals surface area contributed by atoms with Crippen LogP contribution >= 0.6 is 11.3 Å². The summed E-state index contributed by atoms with van der Waals surface area (Å²) in [7, 11) is 4.24. The number of likely N-dealkylation sites (N-methyl/N-ethyl adjacent to an activating group) is 1. The fraction of sp³-hybridized carbons (Fsp3) is 0.500. The highest BCUT2D eigenvalue weighted by Gasteiger charge is 2.46. The van der Waals surface area contributed by atoms with Crippen molar-refractivity contribution in [3.05, 3.63) is 46.8 Å². The zero-order chi connectivity index (χ0) is 36.7. The number of hydrogen-bond acceptors (Lipinski definition) is 8. The predicted octanol–water partition coefficient (Wildman–Crippen LogP) is 4.68. The van der Waals surface area contributed by atoms with Crippen LogP contribution in [-0.4, -0.2) is 108 Å². The molecule has 48 heavy (non-hydrogen) atoms. The molecule has 5 rings (SSSR count). The monoisotopic (exact) mass is 724 g/mol. The number of nitrogens with zero attached hydrogens (tertiary/aromatic N) is 6. The van der Waals surface area contributed by atoms with Gasteiger partial charge in [0.15, 0.2) is 0 Å². The Kier molecular flexibility index (Phi) is 13.2. The van der Waals surface area contributed by atoms with Gasteiger partial charge in [0.05, 0.1) is 23.6 Å². The Morgan fingerprint density at radius 1 is 0.833 bits per heavy atom. The zero-order valence-corrected chi connectivity index (χ0v) is 25.8. The summed E-state index contributed by atoms with van der Waals surface area (Å²) in [6, 6.07) is 2.24. The van der Waals surface area contributed by atoms with E-state index in [1.54, 1.807) is 11.3 Å². The summed E-state index contributed by atoms with van der Waals surface area (Å²) in [6.45, 7) is 5.38. The fourth-order valence-electron chi connectivity index (χ4n) is 4.72. The minimum absolute atomic E-state index is 0.0594. The first-order valence-corrected chi connectivity index (χ1v) is 14.3. The van der Waals surface area contributed by atoms with Crippen molar-refractivity contribution in [2.24, 2.45) is 7.05 Å². The smallest absolute Gasteiger partial charge is 0.475 e. The maximum Gasteiger partial charge on any atom is 0.490 e. The predicted molar refractivity (Wildman–Crippen MR) is 149 cm³/mol. The van der Waals surface area contributed by atoms with E-state index in [0.29, 0.717) is 0 Å². The lowest BCUT2D eigenvalue weighted by molar-refractivity contribution is -0.193. The molecule has 268 valence electrons. The summed E-state index contributed by atoms with van der Waals surface area (Å²) in [5, 5.41) is 30.2. The third-order valence-electron chi connectivity index (χ3n) is 7.06. The second-order valence-electron chi connectivity index (χ2n) is 10.3. The molecule has 0 amide bonds. The number of imidazole rings is 1. The Balaban J connectivity index is 0.000000313. The molecule has 0 aliphatic carbocycles. The molecule has 1 spiro atoms. The fourth-order valence-corrected chi connectivity index (χ4v) is 5.38. The van der Waals surface area contributed by atoms with Crippen molar-refractivity contribution in [2.45, 2.75) is 50.0 Å². The van der Waals surface area contributed by atoms with Crippen molar-refractivity contribution < 1.29 is 69.2 Å². The summed E-state index contributed by atoms with van der Waals surface area (Å²) in [4.78, 5) is 36.8. The Morgan fingerprint density at radius 3 is 1.73 bits per heavy atom. The lowest BCUT2D eigenvalue weighted by Crippen LogP contribution is -2.56. The van der Waals surface area contributed by atoms with Gasteiger partial charge in [0.25, 0.3) is 0 Å². The van der Waals surface area contributed by atoms with Crippen LogP contribution in [0.4, 0.5) is 39.5 Å².